The van der Waals surface area contributed by atoms with Crippen molar-refractivity contribution in [3.8, 4) is 0 Å². The zero-order valence-electron chi connectivity index (χ0n) is 9.55. The van der Waals surface area contributed by atoms with Crippen molar-refractivity contribution in [3.63, 3.8) is 0 Å². The molecule has 3 nitrogen and oxygen atoms in total. The number of unbranched alkanes of at least 4 members (excludes halogenated alkanes) is 1. The molecule has 1 unspecified atom stereocenters. The summed E-state index contributed by atoms with van der Waals surface area (Å²) in [7, 11) is 0. The van der Waals surface area contributed by atoms with E-state index in [0.717, 1.165) is 18.9 Å². The Kier molecular flexibility index (Phi) is 7.48. The summed E-state index contributed by atoms with van der Waals surface area (Å²) in [6.07, 6.45) is 3.63. The second-order valence-corrected chi connectivity index (χ2v) is 4.33. The van der Waals surface area contributed by atoms with Crippen molar-refractivity contribution in [2.24, 2.45) is 11.8 Å². The Labute approximate surface area is 86.9 Å². The Hall–Kier alpha value is -0.570. The van der Waals surface area contributed by atoms with Gasteiger partial charge in [-0.1, -0.05) is 33.6 Å². The van der Waals surface area contributed by atoms with Crippen molar-refractivity contribution in [1.29, 1.82) is 0 Å². The maximum absolute atomic E-state index is 10.5. The summed E-state index contributed by atoms with van der Waals surface area (Å²) in [5.41, 5.74) is 0. The van der Waals surface area contributed by atoms with Crippen LogP contribution in [0, 0.1) is 11.8 Å². The van der Waals surface area contributed by atoms with Gasteiger partial charge in [0.15, 0.2) is 0 Å². The molecule has 0 aliphatic carbocycles. The van der Waals surface area contributed by atoms with Gasteiger partial charge >= 0.3 is 5.97 Å². The van der Waals surface area contributed by atoms with E-state index in [1.54, 1.807) is 6.92 Å². The fourth-order valence-electron chi connectivity index (χ4n) is 1.21. The zero-order valence-corrected chi connectivity index (χ0v) is 9.55. The number of carboxylic acids is 1. The SMILES string of the molecule is CC(C)CCCCNCC(C)C(=O)O. The average Bonchev–Trinajstić information content (AvgIpc) is 2.09. The Balaban J connectivity index is 3.17. The van der Waals surface area contributed by atoms with Crippen LogP contribution >= 0.6 is 0 Å². The average molecular weight is 201 g/mol. The molecule has 0 saturated heterocycles. The molecule has 0 rings (SSSR count). The molecular weight excluding hydrogens is 178 g/mol. The van der Waals surface area contributed by atoms with Gasteiger partial charge in [-0.05, 0) is 18.9 Å². The van der Waals surface area contributed by atoms with Crippen molar-refractivity contribution < 1.29 is 9.90 Å². The highest BCUT2D eigenvalue weighted by atomic mass is 16.4. The predicted molar refractivity (Wildman–Crippen MR) is 58.4 cm³/mol. The molecule has 0 aromatic rings. The number of nitrogens with one attached hydrogen (secondary N) is 1. The maximum Gasteiger partial charge on any atom is 0.307 e. The quantitative estimate of drug-likeness (QED) is 0.591. The molecule has 3 heteroatoms. The largest absolute Gasteiger partial charge is 0.481 e. The van der Waals surface area contributed by atoms with Crippen molar-refractivity contribution in [2.75, 3.05) is 13.1 Å². The van der Waals surface area contributed by atoms with Gasteiger partial charge in [0.25, 0.3) is 0 Å². The van der Waals surface area contributed by atoms with Crippen molar-refractivity contribution in [1.82, 2.24) is 5.32 Å². The van der Waals surface area contributed by atoms with Crippen molar-refractivity contribution in [3.05, 3.63) is 0 Å². The molecule has 0 saturated carbocycles. The lowest BCUT2D eigenvalue weighted by molar-refractivity contribution is -0.140. The van der Waals surface area contributed by atoms with Crippen LogP contribution in [0.15, 0.2) is 0 Å². The van der Waals surface area contributed by atoms with Gasteiger partial charge in [-0.25, -0.2) is 0 Å². The minimum atomic E-state index is -0.723. The monoisotopic (exact) mass is 201 g/mol. The van der Waals surface area contributed by atoms with Gasteiger partial charge in [-0.3, -0.25) is 4.79 Å². The van der Waals surface area contributed by atoms with Crippen LogP contribution in [0.4, 0.5) is 0 Å². The van der Waals surface area contributed by atoms with Crippen LogP contribution in [0.25, 0.3) is 0 Å². The first-order chi connectivity index (χ1) is 6.54. The van der Waals surface area contributed by atoms with E-state index in [2.05, 4.69) is 19.2 Å². The molecule has 0 aliphatic rings. The number of hydrogen-bond donors (Lipinski definition) is 2. The molecule has 2 N–H and O–H groups in total. The zero-order chi connectivity index (χ0) is 11.0. The van der Waals surface area contributed by atoms with Gasteiger partial charge < -0.3 is 10.4 Å². The van der Waals surface area contributed by atoms with Crippen LogP contribution in [0.2, 0.25) is 0 Å². The number of carbonyl (C=O) groups is 1. The molecule has 0 fully saturated rings. The third-order valence-corrected chi connectivity index (χ3v) is 2.26. The van der Waals surface area contributed by atoms with E-state index in [9.17, 15) is 4.79 Å². The van der Waals surface area contributed by atoms with Crippen LogP contribution < -0.4 is 5.32 Å². The van der Waals surface area contributed by atoms with E-state index in [1.165, 1.54) is 12.8 Å². The number of hydrogen-bond acceptors (Lipinski definition) is 2. The van der Waals surface area contributed by atoms with Gasteiger partial charge in [0.05, 0.1) is 5.92 Å². The normalized spacial score (nSPS) is 13.1. The van der Waals surface area contributed by atoms with E-state index >= 15 is 0 Å². The van der Waals surface area contributed by atoms with E-state index < -0.39 is 5.97 Å². The van der Waals surface area contributed by atoms with Gasteiger partial charge in [-0.2, -0.15) is 0 Å². The van der Waals surface area contributed by atoms with Gasteiger partial charge in [-0.15, -0.1) is 0 Å². The van der Waals surface area contributed by atoms with E-state index in [4.69, 9.17) is 5.11 Å². The minimum absolute atomic E-state index is 0.278. The highest BCUT2D eigenvalue weighted by Crippen LogP contribution is 2.05. The second-order valence-electron chi connectivity index (χ2n) is 4.33. The van der Waals surface area contributed by atoms with Crippen LogP contribution in [-0.2, 0) is 4.79 Å². The van der Waals surface area contributed by atoms with Crippen LogP contribution in [-0.4, -0.2) is 24.2 Å². The third kappa shape index (κ3) is 8.05. The highest BCUT2D eigenvalue weighted by molar-refractivity contribution is 5.69. The number of carboxylic acid groups (broad SMARTS) is 1. The Morgan fingerprint density at radius 3 is 2.43 bits per heavy atom. The van der Waals surface area contributed by atoms with E-state index in [1.807, 2.05) is 0 Å². The summed E-state index contributed by atoms with van der Waals surface area (Å²) < 4.78 is 0. The lowest BCUT2D eigenvalue weighted by atomic mass is 10.1. The van der Waals surface area contributed by atoms with Crippen LogP contribution in [0.3, 0.4) is 0 Å². The molecule has 0 amide bonds. The molecule has 0 heterocycles. The third-order valence-electron chi connectivity index (χ3n) is 2.26. The fraction of sp³-hybridized carbons (Fsp3) is 0.909. The Morgan fingerprint density at radius 2 is 1.93 bits per heavy atom. The summed E-state index contributed by atoms with van der Waals surface area (Å²) in [6.45, 7) is 7.69. The first kappa shape index (κ1) is 13.4. The highest BCUT2D eigenvalue weighted by Gasteiger charge is 2.08. The molecule has 0 bridgehead atoms. The number of aliphatic carboxylic acids is 1. The van der Waals surface area contributed by atoms with Gasteiger partial charge in [0.2, 0.25) is 0 Å². The lowest BCUT2D eigenvalue weighted by Crippen LogP contribution is -2.27. The summed E-state index contributed by atoms with van der Waals surface area (Å²) in [5, 5.41) is 11.8. The first-order valence-electron chi connectivity index (χ1n) is 5.47. The lowest BCUT2D eigenvalue weighted by Gasteiger charge is -2.08. The predicted octanol–water partition coefficient (Wildman–Crippen LogP) is 2.12. The molecular formula is C11H23NO2. The van der Waals surface area contributed by atoms with Crippen molar-refractivity contribution in [2.45, 2.75) is 40.0 Å². The van der Waals surface area contributed by atoms with Crippen LogP contribution in [0.1, 0.15) is 40.0 Å². The molecule has 0 aromatic heterocycles. The van der Waals surface area contributed by atoms with Crippen molar-refractivity contribution >= 4 is 5.97 Å². The standard InChI is InChI=1S/C11H23NO2/c1-9(2)6-4-5-7-12-8-10(3)11(13)14/h9-10,12H,4-8H2,1-3H3,(H,13,14). The Bertz CT molecular complexity index is 157. The molecule has 0 spiro atoms. The molecule has 0 aliphatic heterocycles. The van der Waals surface area contributed by atoms with Gasteiger partial charge in [0.1, 0.15) is 0 Å². The van der Waals surface area contributed by atoms with Crippen LogP contribution in [0.5, 0.6) is 0 Å². The molecule has 1 atom stereocenters. The Morgan fingerprint density at radius 1 is 1.29 bits per heavy atom. The molecule has 0 radical (unpaired) electrons. The topological polar surface area (TPSA) is 49.3 Å². The fourth-order valence-corrected chi connectivity index (χ4v) is 1.21. The molecule has 84 valence electrons. The first-order valence-corrected chi connectivity index (χ1v) is 5.47. The summed E-state index contributed by atoms with van der Waals surface area (Å²) in [5.74, 6) is -0.229. The summed E-state index contributed by atoms with van der Waals surface area (Å²) in [4.78, 5) is 10.5. The summed E-state index contributed by atoms with van der Waals surface area (Å²) >= 11 is 0. The van der Waals surface area contributed by atoms with E-state index in [0.29, 0.717) is 6.54 Å². The van der Waals surface area contributed by atoms with Gasteiger partial charge in [0, 0.05) is 6.54 Å². The molecule has 14 heavy (non-hydrogen) atoms. The second kappa shape index (κ2) is 7.80. The molecule has 0 aromatic carbocycles. The smallest absolute Gasteiger partial charge is 0.307 e. The van der Waals surface area contributed by atoms with E-state index in [-0.39, 0.29) is 5.92 Å². The maximum atomic E-state index is 10.5. The summed E-state index contributed by atoms with van der Waals surface area (Å²) in [6, 6.07) is 0. The number of rotatable bonds is 8. The minimum Gasteiger partial charge on any atom is -0.481 e.